The number of piperidine rings is 1. The zero-order valence-corrected chi connectivity index (χ0v) is 17.9. The molecule has 0 saturated carbocycles. The molecule has 0 unspecified atom stereocenters. The summed E-state index contributed by atoms with van der Waals surface area (Å²) in [6.07, 6.45) is 4.14. The summed E-state index contributed by atoms with van der Waals surface area (Å²) in [4.78, 5) is 18.5. The molecule has 2 aromatic carbocycles. The molecule has 1 saturated heterocycles. The first kappa shape index (κ1) is 21.1. The maximum atomic E-state index is 12.1. The Morgan fingerprint density at radius 2 is 1.94 bits per heavy atom. The van der Waals surface area contributed by atoms with Crippen molar-refractivity contribution >= 4 is 16.9 Å². The fourth-order valence-electron chi connectivity index (χ4n) is 4.07. The molecule has 3 aromatic rings. The Morgan fingerprint density at radius 3 is 2.68 bits per heavy atom. The van der Waals surface area contributed by atoms with Gasteiger partial charge in [0, 0.05) is 50.7 Å². The number of ether oxygens (including phenoxy) is 1. The Labute approximate surface area is 182 Å². The molecular weight excluding hydrogens is 390 g/mol. The van der Waals surface area contributed by atoms with E-state index in [9.17, 15) is 4.79 Å². The quantitative estimate of drug-likeness (QED) is 0.589. The molecule has 6 nitrogen and oxygen atoms in total. The SMILES string of the molecule is Cc1c(-c2ccc(OC3CCN(C(=O)NCCCO)CC3)cc2)ccc2cccnc12. The molecule has 2 amide bonds. The molecular formula is C25H29N3O3. The van der Waals surface area contributed by atoms with Crippen LogP contribution in [-0.4, -0.2) is 53.4 Å². The molecule has 4 rings (SSSR count). The molecule has 2 N–H and O–H groups in total. The van der Waals surface area contributed by atoms with Crippen molar-refractivity contribution in [2.75, 3.05) is 26.2 Å². The lowest BCUT2D eigenvalue weighted by Gasteiger charge is -2.32. The fraction of sp³-hybridized carbons (Fsp3) is 0.360. The summed E-state index contributed by atoms with van der Waals surface area (Å²) in [5.41, 5.74) is 4.54. The molecule has 1 aliphatic heterocycles. The highest BCUT2D eigenvalue weighted by atomic mass is 16.5. The fourth-order valence-corrected chi connectivity index (χ4v) is 4.07. The number of nitrogens with one attached hydrogen (secondary N) is 1. The monoisotopic (exact) mass is 419 g/mol. The second kappa shape index (κ2) is 9.79. The van der Waals surface area contributed by atoms with Gasteiger partial charge in [-0.2, -0.15) is 0 Å². The number of amides is 2. The summed E-state index contributed by atoms with van der Waals surface area (Å²) in [7, 11) is 0. The lowest BCUT2D eigenvalue weighted by Crippen LogP contribution is -2.46. The lowest BCUT2D eigenvalue weighted by molar-refractivity contribution is 0.111. The Bertz CT molecular complexity index is 1030. The summed E-state index contributed by atoms with van der Waals surface area (Å²) in [6, 6.07) is 16.5. The van der Waals surface area contributed by atoms with Crippen LogP contribution in [0.15, 0.2) is 54.7 Å². The van der Waals surface area contributed by atoms with Crippen LogP contribution in [0.3, 0.4) is 0 Å². The van der Waals surface area contributed by atoms with Gasteiger partial charge in [0.2, 0.25) is 0 Å². The zero-order chi connectivity index (χ0) is 21.6. The van der Waals surface area contributed by atoms with Gasteiger partial charge in [0.1, 0.15) is 11.9 Å². The van der Waals surface area contributed by atoms with Gasteiger partial charge in [0.05, 0.1) is 5.52 Å². The van der Waals surface area contributed by atoms with Crippen molar-refractivity contribution in [3.05, 3.63) is 60.3 Å². The highest BCUT2D eigenvalue weighted by Crippen LogP contribution is 2.30. The molecule has 162 valence electrons. The number of hydrogen-bond acceptors (Lipinski definition) is 4. The Balaban J connectivity index is 1.35. The predicted octanol–water partition coefficient (Wildman–Crippen LogP) is 4.15. The maximum absolute atomic E-state index is 12.1. The smallest absolute Gasteiger partial charge is 0.317 e. The van der Waals surface area contributed by atoms with Crippen LogP contribution in [0, 0.1) is 6.92 Å². The zero-order valence-electron chi connectivity index (χ0n) is 17.9. The van der Waals surface area contributed by atoms with Gasteiger partial charge in [-0.15, -0.1) is 0 Å². The van der Waals surface area contributed by atoms with Crippen LogP contribution in [0.5, 0.6) is 5.75 Å². The van der Waals surface area contributed by atoms with Crippen molar-refractivity contribution in [1.29, 1.82) is 0 Å². The third-order valence-electron chi connectivity index (χ3n) is 5.84. The number of nitrogens with zero attached hydrogens (tertiary/aromatic N) is 2. The highest BCUT2D eigenvalue weighted by Gasteiger charge is 2.23. The van der Waals surface area contributed by atoms with E-state index in [1.165, 1.54) is 11.1 Å². The molecule has 1 aromatic heterocycles. The van der Waals surface area contributed by atoms with Crippen molar-refractivity contribution in [2.24, 2.45) is 0 Å². The van der Waals surface area contributed by atoms with E-state index in [4.69, 9.17) is 9.84 Å². The first-order valence-electron chi connectivity index (χ1n) is 10.9. The van der Waals surface area contributed by atoms with Crippen molar-refractivity contribution in [1.82, 2.24) is 15.2 Å². The summed E-state index contributed by atoms with van der Waals surface area (Å²) in [6.45, 7) is 4.06. The van der Waals surface area contributed by atoms with Crippen LogP contribution >= 0.6 is 0 Å². The molecule has 2 heterocycles. The van der Waals surface area contributed by atoms with E-state index in [0.29, 0.717) is 26.1 Å². The van der Waals surface area contributed by atoms with Gasteiger partial charge in [-0.05, 0) is 48.2 Å². The van der Waals surface area contributed by atoms with Crippen molar-refractivity contribution < 1.29 is 14.6 Å². The van der Waals surface area contributed by atoms with E-state index < -0.39 is 0 Å². The molecule has 0 spiro atoms. The highest BCUT2D eigenvalue weighted by molar-refractivity contribution is 5.88. The number of urea groups is 1. The normalized spacial score (nSPS) is 14.6. The van der Waals surface area contributed by atoms with Crippen molar-refractivity contribution in [2.45, 2.75) is 32.3 Å². The van der Waals surface area contributed by atoms with Crippen molar-refractivity contribution in [3.63, 3.8) is 0 Å². The van der Waals surface area contributed by atoms with E-state index in [-0.39, 0.29) is 18.7 Å². The number of benzene rings is 2. The third kappa shape index (κ3) is 4.97. The molecule has 31 heavy (non-hydrogen) atoms. The van der Waals surface area contributed by atoms with Crippen LogP contribution in [0.1, 0.15) is 24.8 Å². The molecule has 0 radical (unpaired) electrons. The summed E-state index contributed by atoms with van der Waals surface area (Å²) < 4.78 is 6.17. The average molecular weight is 420 g/mol. The number of carbonyl (C=O) groups is 1. The Hall–Kier alpha value is -3.12. The first-order chi connectivity index (χ1) is 15.2. The molecule has 1 fully saturated rings. The van der Waals surface area contributed by atoms with Crippen LogP contribution < -0.4 is 10.1 Å². The van der Waals surface area contributed by atoms with Crippen LogP contribution in [0.4, 0.5) is 4.79 Å². The van der Waals surface area contributed by atoms with Crippen molar-refractivity contribution in [3.8, 4) is 16.9 Å². The Morgan fingerprint density at radius 1 is 1.16 bits per heavy atom. The topological polar surface area (TPSA) is 74.7 Å². The number of carbonyl (C=O) groups excluding carboxylic acids is 1. The Kier molecular flexibility index (Phi) is 6.67. The number of aryl methyl sites for hydroxylation is 1. The van der Waals surface area contributed by atoms with Crippen LogP contribution in [0.2, 0.25) is 0 Å². The van der Waals surface area contributed by atoms with Gasteiger partial charge in [0.25, 0.3) is 0 Å². The van der Waals surface area contributed by atoms with Gasteiger partial charge in [-0.3, -0.25) is 4.98 Å². The van der Waals surface area contributed by atoms with E-state index in [2.05, 4.69) is 47.6 Å². The van der Waals surface area contributed by atoms with Crippen LogP contribution in [0.25, 0.3) is 22.0 Å². The average Bonchev–Trinajstić information content (AvgIpc) is 2.81. The summed E-state index contributed by atoms with van der Waals surface area (Å²) >= 11 is 0. The lowest BCUT2D eigenvalue weighted by atomic mass is 9.98. The number of fused-ring (bicyclic) bond motifs is 1. The number of hydrogen-bond donors (Lipinski definition) is 2. The summed E-state index contributed by atoms with van der Waals surface area (Å²) in [5, 5.41) is 12.8. The number of pyridine rings is 1. The largest absolute Gasteiger partial charge is 0.490 e. The van der Waals surface area contributed by atoms with E-state index in [1.807, 2.05) is 29.3 Å². The standard InChI is InChI=1S/C25H29N3O3/c1-18-23(10-7-20-4-2-13-26-24(18)20)19-5-8-21(9-6-19)31-22-11-15-28(16-12-22)25(30)27-14-3-17-29/h2,4-10,13,22,29H,3,11-12,14-17H2,1H3,(H,27,30). The van der Waals surface area contributed by atoms with Gasteiger partial charge >= 0.3 is 6.03 Å². The molecule has 0 bridgehead atoms. The number of rotatable bonds is 6. The number of aromatic nitrogens is 1. The minimum Gasteiger partial charge on any atom is -0.490 e. The minimum atomic E-state index is -0.0588. The van der Waals surface area contributed by atoms with Gasteiger partial charge < -0.3 is 20.1 Å². The van der Waals surface area contributed by atoms with E-state index >= 15 is 0 Å². The first-order valence-corrected chi connectivity index (χ1v) is 10.9. The second-order valence-electron chi connectivity index (χ2n) is 7.95. The molecule has 0 aliphatic carbocycles. The molecule has 1 aliphatic rings. The van der Waals surface area contributed by atoms with E-state index in [1.54, 1.807) is 0 Å². The summed E-state index contributed by atoms with van der Waals surface area (Å²) in [5.74, 6) is 0.853. The molecule has 6 heteroatoms. The minimum absolute atomic E-state index is 0.0588. The molecule has 0 atom stereocenters. The number of aliphatic hydroxyl groups excluding tert-OH is 1. The van der Waals surface area contributed by atoms with E-state index in [0.717, 1.165) is 35.1 Å². The number of likely N-dealkylation sites (tertiary alicyclic amines) is 1. The van der Waals surface area contributed by atoms with Gasteiger partial charge in [0.15, 0.2) is 0 Å². The predicted molar refractivity (Wildman–Crippen MR) is 122 cm³/mol. The van der Waals surface area contributed by atoms with Gasteiger partial charge in [-0.1, -0.05) is 30.3 Å². The van der Waals surface area contributed by atoms with Crippen LogP contribution in [-0.2, 0) is 0 Å². The maximum Gasteiger partial charge on any atom is 0.317 e. The number of aliphatic hydroxyl groups is 1. The third-order valence-corrected chi connectivity index (χ3v) is 5.84. The van der Waals surface area contributed by atoms with Gasteiger partial charge in [-0.25, -0.2) is 4.79 Å². The second-order valence-corrected chi connectivity index (χ2v) is 7.95.